The van der Waals surface area contributed by atoms with Crippen LogP contribution in [0.5, 0.6) is 5.75 Å². The zero-order valence-corrected chi connectivity index (χ0v) is 13.0. The Morgan fingerprint density at radius 1 is 1.21 bits per heavy atom. The number of hydrogen-bond donors (Lipinski definition) is 2. The summed E-state index contributed by atoms with van der Waals surface area (Å²) in [5.74, 6) is -0.528. The first-order valence-electron chi connectivity index (χ1n) is 7.11. The van der Waals surface area contributed by atoms with Crippen molar-refractivity contribution < 1.29 is 22.3 Å². The highest BCUT2D eigenvalue weighted by Crippen LogP contribution is 2.45. The quantitative estimate of drug-likeness (QED) is 0.785. The minimum Gasteiger partial charge on any atom is -0.484 e. The van der Waals surface area contributed by atoms with Crippen molar-refractivity contribution in [3.63, 3.8) is 0 Å². The SMILES string of the molecule is NC[C@H]1CNc2cc(F)cc(-c3ccc(Cl)cc3C(F)(F)F)c2O1. The normalized spacial score (nSPS) is 17.0. The Morgan fingerprint density at radius 3 is 2.62 bits per heavy atom. The highest BCUT2D eigenvalue weighted by molar-refractivity contribution is 6.30. The lowest BCUT2D eigenvalue weighted by atomic mass is 9.97. The predicted octanol–water partition coefficient (Wildman–Crippen LogP) is 4.30. The van der Waals surface area contributed by atoms with Gasteiger partial charge in [-0.3, -0.25) is 0 Å². The number of rotatable bonds is 2. The third-order valence-electron chi connectivity index (χ3n) is 3.70. The molecule has 0 spiro atoms. The summed E-state index contributed by atoms with van der Waals surface area (Å²) in [6.45, 7) is 0.523. The minimum atomic E-state index is -4.64. The molecule has 24 heavy (non-hydrogen) atoms. The first-order chi connectivity index (χ1) is 11.3. The van der Waals surface area contributed by atoms with Crippen LogP contribution in [0.1, 0.15) is 5.56 Å². The Hall–Kier alpha value is -1.99. The monoisotopic (exact) mass is 360 g/mol. The largest absolute Gasteiger partial charge is 0.484 e. The highest BCUT2D eigenvalue weighted by atomic mass is 35.5. The topological polar surface area (TPSA) is 47.3 Å². The molecule has 2 aromatic carbocycles. The molecule has 3 rings (SSSR count). The van der Waals surface area contributed by atoms with Crippen molar-refractivity contribution in [3.05, 3.63) is 46.7 Å². The lowest BCUT2D eigenvalue weighted by Gasteiger charge is -2.29. The number of nitrogens with two attached hydrogens (primary N) is 1. The smallest absolute Gasteiger partial charge is 0.417 e. The van der Waals surface area contributed by atoms with E-state index in [2.05, 4.69) is 5.32 Å². The molecule has 8 heteroatoms. The van der Waals surface area contributed by atoms with Gasteiger partial charge in [0.25, 0.3) is 0 Å². The first kappa shape index (κ1) is 16.9. The van der Waals surface area contributed by atoms with Crippen LogP contribution < -0.4 is 15.8 Å². The average Bonchev–Trinajstić information content (AvgIpc) is 2.53. The summed E-state index contributed by atoms with van der Waals surface area (Å²) in [7, 11) is 0. The van der Waals surface area contributed by atoms with E-state index in [1.807, 2.05) is 0 Å². The summed E-state index contributed by atoms with van der Waals surface area (Å²) in [6.07, 6.45) is -5.06. The van der Waals surface area contributed by atoms with E-state index in [9.17, 15) is 17.6 Å². The fourth-order valence-electron chi connectivity index (χ4n) is 2.60. The molecule has 0 fully saturated rings. The molecule has 1 aliphatic rings. The minimum absolute atomic E-state index is 0.000332. The van der Waals surface area contributed by atoms with Crippen LogP contribution in [0.25, 0.3) is 11.1 Å². The van der Waals surface area contributed by atoms with Gasteiger partial charge in [0, 0.05) is 23.2 Å². The van der Waals surface area contributed by atoms with Crippen molar-refractivity contribution in [2.75, 3.05) is 18.4 Å². The Balaban J connectivity index is 2.23. The van der Waals surface area contributed by atoms with Crippen molar-refractivity contribution in [3.8, 4) is 16.9 Å². The number of alkyl halides is 3. The van der Waals surface area contributed by atoms with Crippen LogP contribution in [0.3, 0.4) is 0 Å². The van der Waals surface area contributed by atoms with Gasteiger partial charge in [0.1, 0.15) is 11.9 Å². The van der Waals surface area contributed by atoms with Gasteiger partial charge < -0.3 is 15.8 Å². The van der Waals surface area contributed by atoms with Crippen molar-refractivity contribution >= 4 is 17.3 Å². The molecule has 3 nitrogen and oxygen atoms in total. The molecule has 2 aromatic rings. The number of ether oxygens (including phenoxy) is 1. The van der Waals surface area contributed by atoms with Crippen molar-refractivity contribution in [2.45, 2.75) is 12.3 Å². The van der Waals surface area contributed by atoms with E-state index >= 15 is 0 Å². The lowest BCUT2D eigenvalue weighted by Crippen LogP contribution is -2.37. The van der Waals surface area contributed by atoms with E-state index in [0.29, 0.717) is 6.54 Å². The van der Waals surface area contributed by atoms with Crippen molar-refractivity contribution in [1.29, 1.82) is 0 Å². The predicted molar refractivity (Wildman–Crippen MR) is 83.8 cm³/mol. The standard InChI is InChI=1S/C16H13ClF4N2O/c17-8-1-2-11(13(3-8)16(19,20)21)12-4-9(18)5-14-15(12)24-10(6-22)7-23-14/h1-5,10,23H,6-7,22H2/t10-/m0/s1. The van der Waals surface area contributed by atoms with Gasteiger partial charge in [-0.15, -0.1) is 0 Å². The number of hydrogen-bond acceptors (Lipinski definition) is 3. The summed E-state index contributed by atoms with van der Waals surface area (Å²) in [4.78, 5) is 0. The van der Waals surface area contributed by atoms with Gasteiger partial charge in [-0.2, -0.15) is 13.2 Å². The maximum Gasteiger partial charge on any atom is 0.417 e. The lowest BCUT2D eigenvalue weighted by molar-refractivity contribution is -0.137. The molecule has 0 radical (unpaired) electrons. The molecule has 0 aliphatic carbocycles. The van der Waals surface area contributed by atoms with Crippen LogP contribution in [0, 0.1) is 5.82 Å². The molecule has 1 heterocycles. The second-order valence-corrected chi connectivity index (χ2v) is 5.81. The average molecular weight is 361 g/mol. The summed E-state index contributed by atoms with van der Waals surface area (Å²) in [5, 5.41) is 2.87. The van der Waals surface area contributed by atoms with Crippen LogP contribution >= 0.6 is 11.6 Å². The molecule has 0 saturated carbocycles. The second kappa shape index (κ2) is 6.14. The van der Waals surface area contributed by atoms with Crippen LogP contribution in [0.4, 0.5) is 23.2 Å². The maximum atomic E-state index is 13.9. The number of nitrogens with one attached hydrogen (secondary N) is 1. The first-order valence-corrected chi connectivity index (χ1v) is 7.48. The number of benzene rings is 2. The van der Waals surface area contributed by atoms with Crippen LogP contribution in [0.2, 0.25) is 5.02 Å². The zero-order valence-electron chi connectivity index (χ0n) is 12.3. The Morgan fingerprint density at radius 2 is 1.96 bits per heavy atom. The van der Waals surface area contributed by atoms with Gasteiger partial charge in [0.2, 0.25) is 0 Å². The van der Waals surface area contributed by atoms with E-state index in [1.54, 1.807) is 0 Å². The van der Waals surface area contributed by atoms with E-state index < -0.39 is 23.7 Å². The highest BCUT2D eigenvalue weighted by Gasteiger charge is 2.35. The van der Waals surface area contributed by atoms with Gasteiger partial charge >= 0.3 is 6.18 Å². The van der Waals surface area contributed by atoms with Gasteiger partial charge in [0.15, 0.2) is 5.75 Å². The van der Waals surface area contributed by atoms with Gasteiger partial charge in [0.05, 0.1) is 17.8 Å². The number of halogens is 5. The molecule has 0 amide bonds. The summed E-state index contributed by atoms with van der Waals surface area (Å²) >= 11 is 5.70. The van der Waals surface area contributed by atoms with Crippen LogP contribution in [-0.4, -0.2) is 19.2 Å². The van der Waals surface area contributed by atoms with E-state index in [-0.39, 0.29) is 34.1 Å². The zero-order chi connectivity index (χ0) is 17.5. The van der Waals surface area contributed by atoms with Crippen LogP contribution in [-0.2, 0) is 6.18 Å². The molecule has 0 bridgehead atoms. The van der Waals surface area contributed by atoms with Gasteiger partial charge in [-0.1, -0.05) is 17.7 Å². The van der Waals surface area contributed by atoms with Crippen LogP contribution in [0.15, 0.2) is 30.3 Å². The fraction of sp³-hybridized carbons (Fsp3) is 0.250. The van der Waals surface area contributed by atoms with Crippen molar-refractivity contribution in [2.24, 2.45) is 5.73 Å². The third kappa shape index (κ3) is 3.14. The third-order valence-corrected chi connectivity index (χ3v) is 3.93. The van der Waals surface area contributed by atoms with E-state index in [0.717, 1.165) is 12.1 Å². The molecule has 0 saturated heterocycles. The summed E-state index contributed by atoms with van der Waals surface area (Å²) < 4.78 is 59.6. The summed E-state index contributed by atoms with van der Waals surface area (Å²) in [6, 6.07) is 5.52. The summed E-state index contributed by atoms with van der Waals surface area (Å²) in [5.41, 5.74) is 4.69. The molecule has 128 valence electrons. The number of anilines is 1. The van der Waals surface area contributed by atoms with Gasteiger partial charge in [-0.05, 0) is 23.8 Å². The van der Waals surface area contributed by atoms with Crippen molar-refractivity contribution in [1.82, 2.24) is 0 Å². The maximum absolute atomic E-state index is 13.9. The molecular formula is C16H13ClF4N2O. The van der Waals surface area contributed by atoms with E-state index in [4.69, 9.17) is 22.1 Å². The van der Waals surface area contributed by atoms with E-state index in [1.165, 1.54) is 18.2 Å². The Kier molecular flexibility index (Phi) is 4.31. The number of fused-ring (bicyclic) bond motifs is 1. The molecule has 0 aromatic heterocycles. The van der Waals surface area contributed by atoms with Gasteiger partial charge in [-0.25, -0.2) is 4.39 Å². The molecule has 3 N–H and O–H groups in total. The molecular weight excluding hydrogens is 348 g/mol. The molecule has 1 aliphatic heterocycles. The Bertz CT molecular complexity index is 779. The second-order valence-electron chi connectivity index (χ2n) is 5.37. The fourth-order valence-corrected chi connectivity index (χ4v) is 2.77. The molecule has 0 unspecified atom stereocenters. The molecule has 1 atom stereocenters. The Labute approximate surface area is 140 Å².